The van der Waals surface area contributed by atoms with Crippen LogP contribution in [0.4, 0.5) is 19.0 Å². The highest BCUT2D eigenvalue weighted by atomic mass is 32.1. The summed E-state index contributed by atoms with van der Waals surface area (Å²) in [5.74, 6) is 1.43. The van der Waals surface area contributed by atoms with E-state index in [2.05, 4.69) is 26.3 Å². The first-order valence-corrected chi connectivity index (χ1v) is 11.8. The number of alkyl halides is 3. The Hall–Kier alpha value is -3.11. The minimum atomic E-state index is -4.63. The summed E-state index contributed by atoms with van der Waals surface area (Å²) in [6.45, 7) is 4.91. The van der Waals surface area contributed by atoms with E-state index in [0.29, 0.717) is 18.4 Å². The third-order valence-corrected chi connectivity index (χ3v) is 6.76. The third-order valence-electron chi connectivity index (χ3n) is 5.94. The van der Waals surface area contributed by atoms with Crippen LogP contribution in [-0.4, -0.2) is 48.6 Å². The Kier molecular flexibility index (Phi) is 6.18. The molecule has 0 amide bonds. The summed E-state index contributed by atoms with van der Waals surface area (Å²) >= 11 is 1.52. The van der Waals surface area contributed by atoms with E-state index in [0.717, 1.165) is 45.0 Å². The monoisotopic (exact) mass is 489 g/mol. The Labute approximate surface area is 197 Å². The molecule has 5 rings (SSSR count). The molecule has 1 saturated heterocycles. The minimum Gasteiger partial charge on any atom is -0.493 e. The smallest absolute Gasteiger partial charge is 0.417 e. The molecule has 0 radical (unpaired) electrons. The van der Waals surface area contributed by atoms with Crippen LogP contribution in [0.15, 0.2) is 57.7 Å². The zero-order chi connectivity index (χ0) is 23.7. The van der Waals surface area contributed by atoms with Gasteiger partial charge >= 0.3 is 11.8 Å². The number of piperazine rings is 1. The molecule has 0 aliphatic carbocycles. The number of benzene rings is 2. The predicted octanol–water partition coefficient (Wildman–Crippen LogP) is 5.01. The molecule has 178 valence electrons. The fourth-order valence-corrected chi connectivity index (χ4v) is 5.03. The number of ether oxygens (including phenoxy) is 1. The van der Waals surface area contributed by atoms with E-state index in [4.69, 9.17) is 9.15 Å². The molecule has 2 aromatic heterocycles. The maximum Gasteiger partial charge on any atom is 0.417 e. The molecule has 0 N–H and O–H groups in total. The van der Waals surface area contributed by atoms with Crippen LogP contribution in [0.1, 0.15) is 12.0 Å². The molecule has 1 aliphatic heterocycles. The maximum atomic E-state index is 13.2. The van der Waals surface area contributed by atoms with Crippen molar-refractivity contribution in [1.29, 1.82) is 0 Å². The van der Waals surface area contributed by atoms with Gasteiger partial charge in [-0.05, 0) is 42.2 Å². The van der Waals surface area contributed by atoms with E-state index in [9.17, 15) is 18.0 Å². The zero-order valence-electron chi connectivity index (χ0n) is 18.2. The molecule has 0 unspecified atom stereocenters. The van der Waals surface area contributed by atoms with Crippen molar-refractivity contribution in [3.63, 3.8) is 0 Å². The van der Waals surface area contributed by atoms with Crippen molar-refractivity contribution in [2.45, 2.75) is 12.6 Å². The summed E-state index contributed by atoms with van der Waals surface area (Å²) in [7, 11) is 0. The van der Waals surface area contributed by atoms with Crippen molar-refractivity contribution in [2.24, 2.45) is 0 Å². The van der Waals surface area contributed by atoms with Crippen molar-refractivity contribution >= 4 is 38.4 Å². The van der Waals surface area contributed by atoms with Gasteiger partial charge in [0.25, 0.3) is 0 Å². The average molecular weight is 490 g/mol. The van der Waals surface area contributed by atoms with Crippen molar-refractivity contribution < 1.29 is 22.3 Å². The van der Waals surface area contributed by atoms with Crippen LogP contribution >= 0.6 is 11.5 Å². The molecule has 0 atom stereocenters. The highest BCUT2D eigenvalue weighted by Gasteiger charge is 2.33. The highest BCUT2D eigenvalue weighted by Crippen LogP contribution is 2.35. The van der Waals surface area contributed by atoms with Gasteiger partial charge in [-0.25, -0.2) is 4.79 Å². The molecule has 0 saturated carbocycles. The summed E-state index contributed by atoms with van der Waals surface area (Å²) in [6.07, 6.45) is -3.86. The zero-order valence-corrected chi connectivity index (χ0v) is 19.0. The van der Waals surface area contributed by atoms with Gasteiger partial charge in [0.2, 0.25) is 0 Å². The number of fused-ring (bicyclic) bond motifs is 2. The second-order valence-electron chi connectivity index (χ2n) is 8.17. The Balaban J connectivity index is 1.13. The van der Waals surface area contributed by atoms with Gasteiger partial charge in [-0.1, -0.05) is 12.1 Å². The van der Waals surface area contributed by atoms with E-state index in [1.807, 2.05) is 12.1 Å². The van der Waals surface area contributed by atoms with E-state index >= 15 is 0 Å². The van der Waals surface area contributed by atoms with Gasteiger partial charge in [0.05, 0.1) is 16.9 Å². The normalized spacial score (nSPS) is 15.3. The van der Waals surface area contributed by atoms with Crippen LogP contribution in [0.5, 0.6) is 5.75 Å². The Morgan fingerprint density at radius 1 is 1.03 bits per heavy atom. The molecule has 34 heavy (non-hydrogen) atoms. The first-order valence-electron chi connectivity index (χ1n) is 11.0. The number of hydrogen-bond acceptors (Lipinski definition) is 7. The van der Waals surface area contributed by atoms with E-state index in [1.54, 1.807) is 0 Å². The van der Waals surface area contributed by atoms with Gasteiger partial charge in [0.1, 0.15) is 17.2 Å². The molecule has 1 fully saturated rings. The molecular formula is C24H22F3N3O3S. The topological polar surface area (TPSA) is 58.8 Å². The minimum absolute atomic E-state index is 0.136. The maximum absolute atomic E-state index is 13.2. The van der Waals surface area contributed by atoms with Crippen LogP contribution in [-0.2, 0) is 6.18 Å². The van der Waals surface area contributed by atoms with Crippen molar-refractivity contribution in [3.05, 3.63) is 64.5 Å². The molecular weight excluding hydrogens is 467 g/mol. The number of nitrogens with zero attached hydrogens (tertiary/aromatic N) is 3. The molecule has 1 aliphatic rings. The molecule has 4 aromatic rings. The van der Waals surface area contributed by atoms with E-state index < -0.39 is 17.4 Å². The highest BCUT2D eigenvalue weighted by molar-refractivity contribution is 7.13. The lowest BCUT2D eigenvalue weighted by Gasteiger charge is -2.35. The molecule has 10 heteroatoms. The van der Waals surface area contributed by atoms with Crippen LogP contribution < -0.4 is 15.3 Å². The van der Waals surface area contributed by atoms with Gasteiger partial charge in [-0.2, -0.15) is 17.5 Å². The second-order valence-corrected chi connectivity index (χ2v) is 8.97. The standard InChI is InChI=1S/C24H22F3N3O3S/c25-24(26,27)19-15-22(31)33-20-14-16(6-7-17(19)20)32-13-3-8-29-9-11-30(12-10-29)23-18-4-1-2-5-21(18)34-28-23/h1-2,4-7,14-15H,3,8-13H2. The van der Waals surface area contributed by atoms with Gasteiger partial charge in [0.15, 0.2) is 0 Å². The summed E-state index contributed by atoms with van der Waals surface area (Å²) in [4.78, 5) is 16.2. The van der Waals surface area contributed by atoms with E-state index in [1.165, 1.54) is 39.8 Å². The Bertz CT molecular complexity index is 1360. The number of rotatable bonds is 6. The average Bonchev–Trinajstić information content (AvgIpc) is 3.25. The fraction of sp³-hybridized carbons (Fsp3) is 0.333. The lowest BCUT2D eigenvalue weighted by atomic mass is 10.1. The van der Waals surface area contributed by atoms with Crippen LogP contribution in [0, 0.1) is 0 Å². The van der Waals surface area contributed by atoms with Gasteiger partial charge in [0, 0.05) is 55.6 Å². The Morgan fingerprint density at radius 2 is 1.82 bits per heavy atom. The first kappa shape index (κ1) is 22.7. The lowest BCUT2D eigenvalue weighted by molar-refractivity contribution is -0.136. The van der Waals surface area contributed by atoms with Crippen molar-refractivity contribution in [1.82, 2.24) is 9.27 Å². The summed E-state index contributed by atoms with van der Waals surface area (Å²) < 4.78 is 56.0. The molecule has 6 nitrogen and oxygen atoms in total. The summed E-state index contributed by atoms with van der Waals surface area (Å²) in [5.41, 5.74) is -2.18. The summed E-state index contributed by atoms with van der Waals surface area (Å²) in [6, 6.07) is 12.8. The van der Waals surface area contributed by atoms with Gasteiger partial charge in [-0.3, -0.25) is 4.90 Å². The third kappa shape index (κ3) is 4.74. The molecule has 2 aromatic carbocycles. The summed E-state index contributed by atoms with van der Waals surface area (Å²) in [5, 5.41) is 1.04. The van der Waals surface area contributed by atoms with Crippen molar-refractivity contribution in [3.8, 4) is 5.75 Å². The quantitative estimate of drug-likeness (QED) is 0.280. The van der Waals surface area contributed by atoms with Crippen molar-refractivity contribution in [2.75, 3.05) is 44.2 Å². The second kappa shape index (κ2) is 9.27. The SMILES string of the molecule is O=c1cc(C(F)(F)F)c2ccc(OCCCN3CCN(c4nsc5ccccc45)CC3)cc2o1. The van der Waals surface area contributed by atoms with Crippen LogP contribution in [0.3, 0.4) is 0 Å². The number of halogens is 3. The number of hydrogen-bond donors (Lipinski definition) is 0. The largest absolute Gasteiger partial charge is 0.493 e. The molecule has 3 heterocycles. The van der Waals surface area contributed by atoms with Gasteiger partial charge < -0.3 is 14.1 Å². The van der Waals surface area contributed by atoms with Gasteiger partial charge in [-0.15, -0.1) is 0 Å². The van der Waals surface area contributed by atoms with Crippen LogP contribution in [0.25, 0.3) is 21.1 Å². The predicted molar refractivity (Wildman–Crippen MR) is 126 cm³/mol. The van der Waals surface area contributed by atoms with Crippen LogP contribution in [0.2, 0.25) is 0 Å². The fourth-order valence-electron chi connectivity index (χ4n) is 4.23. The molecule has 0 bridgehead atoms. The number of aromatic nitrogens is 1. The first-order chi connectivity index (χ1) is 16.4. The van der Waals surface area contributed by atoms with E-state index in [-0.39, 0.29) is 11.0 Å². The molecule has 0 spiro atoms. The Morgan fingerprint density at radius 3 is 2.62 bits per heavy atom. The lowest BCUT2D eigenvalue weighted by Crippen LogP contribution is -2.47. The number of anilines is 1.